The maximum absolute atomic E-state index is 12.5. The first-order valence-electron chi connectivity index (χ1n) is 7.69. The Morgan fingerprint density at radius 1 is 1.04 bits per heavy atom. The third-order valence-electron chi connectivity index (χ3n) is 3.72. The minimum absolute atomic E-state index is 0.113. The van der Waals surface area contributed by atoms with Crippen molar-refractivity contribution in [3.63, 3.8) is 0 Å². The number of amides is 2. The number of hydrogen-bond donors (Lipinski definition) is 2. The van der Waals surface area contributed by atoms with Gasteiger partial charge in [-0.25, -0.2) is 9.48 Å². The van der Waals surface area contributed by atoms with Crippen molar-refractivity contribution in [2.24, 2.45) is 0 Å². The van der Waals surface area contributed by atoms with Gasteiger partial charge in [0, 0.05) is 16.0 Å². The number of rotatable bonds is 4. The third-order valence-corrected chi connectivity index (χ3v) is 3.98. The van der Waals surface area contributed by atoms with Gasteiger partial charge in [-0.1, -0.05) is 29.8 Å². The Morgan fingerprint density at radius 3 is 2.30 bits per heavy atom. The van der Waals surface area contributed by atoms with Gasteiger partial charge in [0.05, 0.1) is 5.39 Å². The first-order valence-corrected chi connectivity index (χ1v) is 8.07. The maximum atomic E-state index is 12.5. The van der Waals surface area contributed by atoms with Crippen molar-refractivity contribution < 1.29 is 19.5 Å². The molecule has 3 aromatic rings. The van der Waals surface area contributed by atoms with Gasteiger partial charge in [-0.15, -0.1) is 0 Å². The van der Waals surface area contributed by atoms with E-state index in [1.807, 2.05) is 0 Å². The molecule has 3 rings (SSSR count). The van der Waals surface area contributed by atoms with E-state index in [2.05, 4.69) is 10.4 Å². The molecular weight excluding hydrogens is 374 g/mol. The molecule has 0 atom stereocenters. The van der Waals surface area contributed by atoms with Crippen LogP contribution in [0.15, 0.2) is 53.3 Å². The first kappa shape index (κ1) is 18.3. The Morgan fingerprint density at radius 2 is 1.67 bits per heavy atom. The first-order chi connectivity index (χ1) is 12.9. The van der Waals surface area contributed by atoms with Crippen LogP contribution in [-0.2, 0) is 11.3 Å². The lowest BCUT2D eigenvalue weighted by Gasteiger charge is -2.09. The van der Waals surface area contributed by atoms with Crippen LogP contribution < -0.4 is 10.9 Å². The molecule has 1 heterocycles. The van der Waals surface area contributed by atoms with Crippen LogP contribution in [0.3, 0.4) is 0 Å². The van der Waals surface area contributed by atoms with Gasteiger partial charge in [-0.3, -0.25) is 19.7 Å². The molecule has 2 amide bonds. The summed E-state index contributed by atoms with van der Waals surface area (Å²) in [5, 5.41) is 15.9. The van der Waals surface area contributed by atoms with Gasteiger partial charge in [0.15, 0.2) is 5.69 Å². The van der Waals surface area contributed by atoms with Crippen molar-refractivity contribution in [3.05, 3.63) is 75.2 Å². The van der Waals surface area contributed by atoms with Crippen molar-refractivity contribution in [2.75, 3.05) is 0 Å². The molecule has 0 radical (unpaired) electrons. The Bertz CT molecular complexity index is 1120. The molecule has 2 aromatic carbocycles. The minimum atomic E-state index is -1.34. The molecule has 9 heteroatoms. The van der Waals surface area contributed by atoms with E-state index in [-0.39, 0.29) is 22.0 Å². The molecule has 0 bridgehead atoms. The Labute approximate surface area is 157 Å². The average Bonchev–Trinajstić information content (AvgIpc) is 2.64. The van der Waals surface area contributed by atoms with E-state index in [0.717, 1.165) is 4.68 Å². The number of fused-ring (bicyclic) bond motifs is 1. The van der Waals surface area contributed by atoms with Crippen LogP contribution in [0.25, 0.3) is 10.8 Å². The van der Waals surface area contributed by atoms with Crippen LogP contribution in [0.2, 0.25) is 5.02 Å². The number of carbonyl (C=O) groups excluding carboxylic acids is 2. The summed E-state index contributed by atoms with van der Waals surface area (Å²) in [6.07, 6.45) is 0. The molecule has 0 aliphatic heterocycles. The molecule has 136 valence electrons. The Balaban J connectivity index is 1.87. The van der Waals surface area contributed by atoms with Gasteiger partial charge in [0.1, 0.15) is 6.54 Å². The second kappa shape index (κ2) is 7.38. The lowest BCUT2D eigenvalue weighted by atomic mass is 10.1. The molecule has 0 fully saturated rings. The number of carboxylic acid groups (broad SMARTS) is 1. The van der Waals surface area contributed by atoms with Crippen LogP contribution in [0.4, 0.5) is 0 Å². The monoisotopic (exact) mass is 385 g/mol. The standard InChI is InChI=1S/C18H12ClN3O5/c19-11-7-5-10(6-8-11)16(24)20-14(23)9-22-17(25)13-4-2-1-3-12(13)15(21-22)18(26)27/h1-8H,9H2,(H,26,27)(H,20,23,24). The number of aromatic carboxylic acids is 1. The van der Waals surface area contributed by atoms with Crippen molar-refractivity contribution in [3.8, 4) is 0 Å². The molecule has 0 aliphatic carbocycles. The van der Waals surface area contributed by atoms with E-state index in [1.54, 1.807) is 12.1 Å². The lowest BCUT2D eigenvalue weighted by Crippen LogP contribution is -2.37. The molecule has 0 spiro atoms. The SMILES string of the molecule is O=C(Cn1nc(C(=O)O)c2ccccc2c1=O)NC(=O)c1ccc(Cl)cc1. The van der Waals surface area contributed by atoms with Gasteiger partial charge in [-0.2, -0.15) is 5.10 Å². The highest BCUT2D eigenvalue weighted by atomic mass is 35.5. The fraction of sp³-hybridized carbons (Fsp3) is 0.0556. The Kier molecular flexibility index (Phi) is 5.00. The summed E-state index contributed by atoms with van der Waals surface area (Å²) in [5.41, 5.74) is -0.787. The van der Waals surface area contributed by atoms with Crippen molar-refractivity contribution in [1.82, 2.24) is 15.1 Å². The van der Waals surface area contributed by atoms with Crippen molar-refractivity contribution >= 4 is 40.2 Å². The van der Waals surface area contributed by atoms with E-state index in [4.69, 9.17) is 11.6 Å². The molecule has 27 heavy (non-hydrogen) atoms. The summed E-state index contributed by atoms with van der Waals surface area (Å²) in [6, 6.07) is 11.9. The van der Waals surface area contributed by atoms with Gasteiger partial charge in [0.25, 0.3) is 11.5 Å². The third kappa shape index (κ3) is 3.85. The number of carbonyl (C=O) groups is 3. The predicted octanol–water partition coefficient (Wildman–Crippen LogP) is 1.70. The summed E-state index contributed by atoms with van der Waals surface area (Å²) in [5.74, 6) is -2.82. The van der Waals surface area contributed by atoms with Gasteiger partial charge in [-0.05, 0) is 30.3 Å². The topological polar surface area (TPSA) is 118 Å². The molecule has 0 aliphatic rings. The van der Waals surface area contributed by atoms with E-state index >= 15 is 0 Å². The summed E-state index contributed by atoms with van der Waals surface area (Å²) >= 11 is 5.74. The van der Waals surface area contributed by atoms with Gasteiger partial charge < -0.3 is 5.11 Å². The largest absolute Gasteiger partial charge is 0.476 e. The molecular formula is C18H12ClN3O5. The number of nitrogens with one attached hydrogen (secondary N) is 1. The summed E-state index contributed by atoms with van der Waals surface area (Å²) in [6.45, 7) is -0.608. The highest BCUT2D eigenvalue weighted by molar-refractivity contribution is 6.30. The van der Waals surface area contributed by atoms with Crippen molar-refractivity contribution in [2.45, 2.75) is 6.54 Å². The van der Waals surface area contributed by atoms with Gasteiger partial charge >= 0.3 is 5.97 Å². The number of benzene rings is 2. The minimum Gasteiger partial charge on any atom is -0.476 e. The maximum Gasteiger partial charge on any atom is 0.357 e. The average molecular weight is 386 g/mol. The van der Waals surface area contributed by atoms with Crippen molar-refractivity contribution in [1.29, 1.82) is 0 Å². The molecule has 0 unspecified atom stereocenters. The van der Waals surface area contributed by atoms with E-state index < -0.39 is 29.9 Å². The van der Waals surface area contributed by atoms with Crippen LogP contribution >= 0.6 is 11.6 Å². The second-order valence-electron chi connectivity index (χ2n) is 5.55. The Hall–Kier alpha value is -3.52. The quantitative estimate of drug-likeness (QED) is 0.705. The number of imide groups is 1. The predicted molar refractivity (Wildman–Crippen MR) is 96.9 cm³/mol. The number of carboxylic acids is 1. The van der Waals surface area contributed by atoms with Crippen LogP contribution in [-0.4, -0.2) is 32.7 Å². The fourth-order valence-corrected chi connectivity index (χ4v) is 2.60. The van der Waals surface area contributed by atoms with E-state index in [1.165, 1.54) is 36.4 Å². The zero-order chi connectivity index (χ0) is 19.6. The number of hydrogen-bond acceptors (Lipinski definition) is 5. The summed E-state index contributed by atoms with van der Waals surface area (Å²) < 4.78 is 0.719. The zero-order valence-corrected chi connectivity index (χ0v) is 14.4. The smallest absolute Gasteiger partial charge is 0.357 e. The van der Waals surface area contributed by atoms with Crippen LogP contribution in [0, 0.1) is 0 Å². The lowest BCUT2D eigenvalue weighted by molar-refractivity contribution is -0.120. The number of halogens is 1. The number of nitrogens with zero attached hydrogens (tertiary/aromatic N) is 2. The summed E-state index contributed by atoms with van der Waals surface area (Å²) in [7, 11) is 0. The normalized spacial score (nSPS) is 10.6. The van der Waals surface area contributed by atoms with E-state index in [0.29, 0.717) is 5.02 Å². The zero-order valence-electron chi connectivity index (χ0n) is 13.7. The summed E-state index contributed by atoms with van der Waals surface area (Å²) in [4.78, 5) is 48.1. The highest BCUT2D eigenvalue weighted by Gasteiger charge is 2.18. The van der Waals surface area contributed by atoms with Gasteiger partial charge in [0.2, 0.25) is 5.91 Å². The molecule has 1 aromatic heterocycles. The molecule has 8 nitrogen and oxygen atoms in total. The second-order valence-corrected chi connectivity index (χ2v) is 5.98. The van der Waals surface area contributed by atoms with Crippen LogP contribution in [0.1, 0.15) is 20.8 Å². The number of aromatic nitrogens is 2. The van der Waals surface area contributed by atoms with Crippen LogP contribution in [0.5, 0.6) is 0 Å². The highest BCUT2D eigenvalue weighted by Crippen LogP contribution is 2.13. The fourth-order valence-electron chi connectivity index (χ4n) is 2.48. The van der Waals surface area contributed by atoms with E-state index in [9.17, 15) is 24.3 Å². The molecule has 0 saturated carbocycles. The molecule has 2 N–H and O–H groups in total. The molecule has 0 saturated heterocycles.